The van der Waals surface area contributed by atoms with Crippen LogP contribution < -0.4 is 0 Å². The Balaban J connectivity index is 2.76. The second-order valence-corrected chi connectivity index (χ2v) is 2.52. The third-order valence-electron chi connectivity index (χ3n) is 1.86. The number of rotatable bonds is 1. The molecule has 0 aliphatic carbocycles. The fraction of sp³-hybridized carbons (Fsp3) is 0.222. The van der Waals surface area contributed by atoms with Gasteiger partial charge < -0.3 is 4.57 Å². The molecule has 0 saturated heterocycles. The van der Waals surface area contributed by atoms with Crippen LogP contribution in [0, 0.1) is 0 Å². The molecule has 2 heteroatoms. The van der Waals surface area contributed by atoms with Crippen LogP contribution in [0.4, 0.5) is 0 Å². The number of nitrogens with zero attached hydrogens (tertiary/aromatic N) is 2. The molecule has 0 unspecified atom stereocenters. The molecule has 0 amide bonds. The summed E-state index contributed by atoms with van der Waals surface area (Å²) in [5, 5.41) is 1.22. The minimum Gasteiger partial charge on any atom is -0.333 e. The highest BCUT2D eigenvalue weighted by Gasteiger charge is 1.96. The van der Waals surface area contributed by atoms with E-state index in [2.05, 4.69) is 34.8 Å². The molecule has 2 aromatic rings. The van der Waals surface area contributed by atoms with Gasteiger partial charge >= 0.3 is 0 Å². The normalized spacial score (nSPS) is 10.6. The van der Waals surface area contributed by atoms with Gasteiger partial charge in [0.15, 0.2) is 0 Å². The summed E-state index contributed by atoms with van der Waals surface area (Å²) in [5.74, 6) is 0. The highest BCUT2D eigenvalue weighted by molar-refractivity contribution is 5.75. The van der Waals surface area contributed by atoms with Crippen LogP contribution >= 0.6 is 0 Å². The smallest absolute Gasteiger partial charge is 0.139 e. The first-order valence-electron chi connectivity index (χ1n) is 3.81. The van der Waals surface area contributed by atoms with Crippen LogP contribution in [0.5, 0.6) is 0 Å². The van der Waals surface area contributed by atoms with E-state index in [1.165, 1.54) is 5.39 Å². The first-order chi connectivity index (χ1) is 5.42. The van der Waals surface area contributed by atoms with Crippen LogP contribution in [0.15, 0.2) is 30.6 Å². The van der Waals surface area contributed by atoms with Gasteiger partial charge in [0.05, 0.1) is 0 Å². The lowest BCUT2D eigenvalue weighted by molar-refractivity contribution is 0.788. The van der Waals surface area contributed by atoms with Gasteiger partial charge in [-0.05, 0) is 25.1 Å². The third-order valence-corrected chi connectivity index (χ3v) is 1.86. The van der Waals surface area contributed by atoms with Gasteiger partial charge in [-0.2, -0.15) is 0 Å². The molecule has 0 bridgehead atoms. The van der Waals surface area contributed by atoms with Gasteiger partial charge in [-0.25, -0.2) is 4.98 Å². The lowest BCUT2D eigenvalue weighted by Gasteiger charge is -1.96. The molecule has 0 N–H and O–H groups in total. The highest BCUT2D eigenvalue weighted by atomic mass is 15.0. The fourth-order valence-electron chi connectivity index (χ4n) is 1.28. The molecular weight excluding hydrogens is 136 g/mol. The average molecular weight is 146 g/mol. The number of aromatic nitrogens is 2. The van der Waals surface area contributed by atoms with Gasteiger partial charge in [0, 0.05) is 24.3 Å². The Morgan fingerprint density at radius 2 is 2.36 bits per heavy atom. The fourth-order valence-corrected chi connectivity index (χ4v) is 1.28. The summed E-state index contributed by atoms with van der Waals surface area (Å²) in [5.41, 5.74) is 1.08. The van der Waals surface area contributed by atoms with Crippen molar-refractivity contribution in [1.82, 2.24) is 9.55 Å². The summed E-state index contributed by atoms with van der Waals surface area (Å²) < 4.78 is 2.13. The monoisotopic (exact) mass is 146 g/mol. The standard InChI is InChI=1S/C9H10N2/c1-2-11-7-5-8-4-3-6-10-9(8)11/h3-7H,2H2,1H3. The zero-order valence-electron chi connectivity index (χ0n) is 6.49. The molecule has 11 heavy (non-hydrogen) atoms. The van der Waals surface area contributed by atoms with Gasteiger partial charge in [-0.3, -0.25) is 0 Å². The second-order valence-electron chi connectivity index (χ2n) is 2.52. The number of aryl methyl sites for hydroxylation is 1. The third kappa shape index (κ3) is 0.909. The van der Waals surface area contributed by atoms with E-state index >= 15 is 0 Å². The average Bonchev–Trinajstić information content (AvgIpc) is 2.47. The van der Waals surface area contributed by atoms with Crippen LogP contribution in [0.1, 0.15) is 6.92 Å². The van der Waals surface area contributed by atoms with Crippen molar-refractivity contribution in [1.29, 1.82) is 0 Å². The molecule has 2 heterocycles. The van der Waals surface area contributed by atoms with Gasteiger partial charge in [-0.1, -0.05) is 0 Å². The minimum atomic E-state index is 0.987. The van der Waals surface area contributed by atoms with E-state index in [1.807, 2.05) is 12.3 Å². The molecule has 0 aliphatic heterocycles. The maximum atomic E-state index is 4.27. The van der Waals surface area contributed by atoms with E-state index in [9.17, 15) is 0 Å². The van der Waals surface area contributed by atoms with Crippen molar-refractivity contribution in [3.05, 3.63) is 30.6 Å². The minimum absolute atomic E-state index is 0.987. The topological polar surface area (TPSA) is 17.8 Å². The van der Waals surface area contributed by atoms with E-state index in [0.29, 0.717) is 0 Å². The first kappa shape index (κ1) is 6.40. The lowest BCUT2D eigenvalue weighted by Crippen LogP contribution is -1.91. The van der Waals surface area contributed by atoms with Crippen LogP contribution in [0.3, 0.4) is 0 Å². The summed E-state index contributed by atoms with van der Waals surface area (Å²) in [7, 11) is 0. The van der Waals surface area contributed by atoms with Crippen LogP contribution in [0.2, 0.25) is 0 Å². The Kier molecular flexibility index (Phi) is 1.39. The SMILES string of the molecule is CCn1ccc2cccnc21. The maximum Gasteiger partial charge on any atom is 0.139 e. The Morgan fingerprint density at radius 1 is 1.45 bits per heavy atom. The molecule has 2 rings (SSSR count). The maximum absolute atomic E-state index is 4.27. The van der Waals surface area contributed by atoms with E-state index in [1.54, 1.807) is 0 Å². The van der Waals surface area contributed by atoms with Crippen molar-refractivity contribution in [2.45, 2.75) is 13.5 Å². The second kappa shape index (κ2) is 2.38. The van der Waals surface area contributed by atoms with Gasteiger partial charge in [0.25, 0.3) is 0 Å². The molecule has 0 aromatic carbocycles. The Bertz CT molecular complexity index is 362. The molecule has 0 atom stereocenters. The zero-order chi connectivity index (χ0) is 7.68. The lowest BCUT2D eigenvalue weighted by atomic mass is 10.3. The summed E-state index contributed by atoms with van der Waals surface area (Å²) in [6.45, 7) is 3.11. The van der Waals surface area contributed by atoms with E-state index in [0.717, 1.165) is 12.2 Å². The van der Waals surface area contributed by atoms with Crippen LogP contribution in [-0.4, -0.2) is 9.55 Å². The quantitative estimate of drug-likeness (QED) is 0.602. The molecule has 2 aromatic heterocycles. The molecule has 2 nitrogen and oxygen atoms in total. The number of pyridine rings is 1. The molecule has 0 aliphatic rings. The summed E-state index contributed by atoms with van der Waals surface area (Å²) >= 11 is 0. The van der Waals surface area contributed by atoms with Gasteiger partial charge in [0.1, 0.15) is 5.65 Å². The van der Waals surface area contributed by atoms with Gasteiger partial charge in [0.2, 0.25) is 0 Å². The predicted molar refractivity (Wildman–Crippen MR) is 45.4 cm³/mol. The largest absolute Gasteiger partial charge is 0.333 e. The summed E-state index contributed by atoms with van der Waals surface area (Å²) in [6, 6.07) is 6.13. The number of hydrogen-bond acceptors (Lipinski definition) is 1. The molecule has 0 saturated carbocycles. The Morgan fingerprint density at radius 3 is 3.18 bits per heavy atom. The molecular formula is C9H10N2. The van der Waals surface area contributed by atoms with E-state index in [-0.39, 0.29) is 0 Å². The van der Waals surface area contributed by atoms with Crippen molar-refractivity contribution in [2.75, 3.05) is 0 Å². The van der Waals surface area contributed by atoms with Crippen molar-refractivity contribution in [3.8, 4) is 0 Å². The van der Waals surface area contributed by atoms with Crippen LogP contribution in [0.25, 0.3) is 11.0 Å². The van der Waals surface area contributed by atoms with Crippen molar-refractivity contribution < 1.29 is 0 Å². The molecule has 0 radical (unpaired) electrons. The summed E-state index contributed by atoms with van der Waals surface area (Å²) in [6.07, 6.45) is 3.90. The van der Waals surface area contributed by atoms with Crippen molar-refractivity contribution >= 4 is 11.0 Å². The van der Waals surface area contributed by atoms with E-state index < -0.39 is 0 Å². The number of fused-ring (bicyclic) bond motifs is 1. The number of hydrogen-bond donors (Lipinski definition) is 0. The summed E-state index contributed by atoms with van der Waals surface area (Å²) in [4.78, 5) is 4.27. The molecule has 0 fully saturated rings. The molecule has 56 valence electrons. The van der Waals surface area contributed by atoms with Crippen LogP contribution in [-0.2, 0) is 6.54 Å². The van der Waals surface area contributed by atoms with E-state index in [4.69, 9.17) is 0 Å². The predicted octanol–water partition coefficient (Wildman–Crippen LogP) is 2.06. The molecule has 0 spiro atoms. The van der Waals surface area contributed by atoms with Gasteiger partial charge in [-0.15, -0.1) is 0 Å². The Hall–Kier alpha value is -1.31. The highest BCUT2D eigenvalue weighted by Crippen LogP contribution is 2.11. The van der Waals surface area contributed by atoms with Crippen molar-refractivity contribution in [2.24, 2.45) is 0 Å². The van der Waals surface area contributed by atoms with Crippen molar-refractivity contribution in [3.63, 3.8) is 0 Å². The Labute approximate surface area is 65.5 Å². The zero-order valence-corrected chi connectivity index (χ0v) is 6.49. The first-order valence-corrected chi connectivity index (χ1v) is 3.81.